The summed E-state index contributed by atoms with van der Waals surface area (Å²) in [6, 6.07) is 14.9. The summed E-state index contributed by atoms with van der Waals surface area (Å²) in [5.41, 5.74) is 1.31. The Hall–Kier alpha value is -2.54. The topological polar surface area (TPSA) is 55.1 Å². The summed E-state index contributed by atoms with van der Waals surface area (Å²) in [6.45, 7) is 2.64. The van der Waals surface area contributed by atoms with Gasteiger partial charge in [-0.25, -0.2) is 4.98 Å². The number of hydrogen-bond donors (Lipinski definition) is 0. The molecule has 0 unspecified atom stereocenters. The third kappa shape index (κ3) is 4.00. The molecule has 0 fully saturated rings. The lowest BCUT2D eigenvalue weighted by atomic mass is 10.2. The zero-order valence-electron chi connectivity index (χ0n) is 10.7. The van der Waals surface area contributed by atoms with Gasteiger partial charge in [0.15, 0.2) is 0 Å². The predicted octanol–water partition coefficient (Wildman–Crippen LogP) is 2.72. The number of rotatable bonds is 5. The molecule has 0 bridgehead atoms. The van der Waals surface area contributed by atoms with Crippen LogP contribution in [0.2, 0.25) is 0 Å². The van der Waals surface area contributed by atoms with Crippen LogP contribution in [-0.4, -0.2) is 18.2 Å². The summed E-state index contributed by atoms with van der Waals surface area (Å²) in [5.74, 6) is 1.26. The molecular formula is C15H14N2O2. The van der Waals surface area contributed by atoms with Gasteiger partial charge in [0.05, 0.1) is 11.6 Å². The lowest BCUT2D eigenvalue weighted by Crippen LogP contribution is -2.10. The Morgan fingerprint density at radius 3 is 2.58 bits per heavy atom. The van der Waals surface area contributed by atoms with Crippen LogP contribution in [0.15, 0.2) is 42.5 Å². The van der Waals surface area contributed by atoms with E-state index in [1.54, 1.807) is 12.1 Å². The smallest absolute Gasteiger partial charge is 0.214 e. The van der Waals surface area contributed by atoms with Crippen LogP contribution in [0.4, 0.5) is 0 Å². The minimum absolute atomic E-state index is 0.385. The first kappa shape index (κ1) is 12.9. The first-order valence-corrected chi connectivity index (χ1v) is 5.97. The molecule has 2 aromatic rings. The minimum atomic E-state index is 0.385. The van der Waals surface area contributed by atoms with E-state index in [9.17, 15) is 0 Å². The van der Waals surface area contributed by atoms with Gasteiger partial charge in [0.1, 0.15) is 19.0 Å². The predicted molar refractivity (Wildman–Crippen MR) is 71.1 cm³/mol. The highest BCUT2D eigenvalue weighted by Gasteiger charge is 2.01. The van der Waals surface area contributed by atoms with Crippen molar-refractivity contribution in [2.24, 2.45) is 0 Å². The minimum Gasteiger partial charge on any atom is -0.490 e. The average Bonchev–Trinajstić information content (AvgIpc) is 2.44. The molecule has 0 N–H and O–H groups in total. The van der Waals surface area contributed by atoms with E-state index in [0.29, 0.717) is 24.7 Å². The van der Waals surface area contributed by atoms with Gasteiger partial charge in [-0.05, 0) is 25.1 Å². The summed E-state index contributed by atoms with van der Waals surface area (Å²) in [4.78, 5) is 4.20. The van der Waals surface area contributed by atoms with Crippen molar-refractivity contribution in [2.45, 2.75) is 6.92 Å². The first-order chi connectivity index (χ1) is 9.28. The van der Waals surface area contributed by atoms with Crippen LogP contribution in [0.5, 0.6) is 11.6 Å². The van der Waals surface area contributed by atoms with E-state index in [4.69, 9.17) is 14.7 Å². The lowest BCUT2D eigenvalue weighted by molar-refractivity contribution is 0.211. The fourth-order valence-corrected chi connectivity index (χ4v) is 1.60. The summed E-state index contributed by atoms with van der Waals surface area (Å²) < 4.78 is 11.0. The van der Waals surface area contributed by atoms with Crippen LogP contribution in [-0.2, 0) is 0 Å². The van der Waals surface area contributed by atoms with Crippen LogP contribution < -0.4 is 9.47 Å². The number of ether oxygens (including phenoxy) is 2. The highest BCUT2D eigenvalue weighted by Crippen LogP contribution is 2.12. The molecule has 0 atom stereocenters. The Morgan fingerprint density at radius 2 is 1.84 bits per heavy atom. The van der Waals surface area contributed by atoms with Gasteiger partial charge in [-0.15, -0.1) is 0 Å². The van der Waals surface area contributed by atoms with Crippen molar-refractivity contribution in [1.82, 2.24) is 4.98 Å². The first-order valence-electron chi connectivity index (χ1n) is 5.97. The number of nitriles is 1. The molecule has 4 heteroatoms. The molecule has 19 heavy (non-hydrogen) atoms. The van der Waals surface area contributed by atoms with Gasteiger partial charge >= 0.3 is 0 Å². The molecule has 0 spiro atoms. The third-order valence-corrected chi connectivity index (χ3v) is 2.40. The van der Waals surface area contributed by atoms with E-state index in [-0.39, 0.29) is 0 Å². The maximum atomic E-state index is 8.85. The number of nitrogens with zero attached hydrogens (tertiary/aromatic N) is 2. The van der Waals surface area contributed by atoms with Gasteiger partial charge in [0.2, 0.25) is 5.88 Å². The molecule has 1 aromatic carbocycles. The van der Waals surface area contributed by atoms with E-state index in [1.807, 2.05) is 37.3 Å². The van der Waals surface area contributed by atoms with E-state index in [0.717, 1.165) is 11.4 Å². The standard InChI is InChI=1S/C15H14N2O2/c1-12-9-13(11-16)10-15(17-12)19-8-7-18-14-5-3-2-4-6-14/h2-6,9-10H,7-8H2,1H3. The molecule has 0 radical (unpaired) electrons. The van der Waals surface area contributed by atoms with Crippen molar-refractivity contribution in [3.05, 3.63) is 53.7 Å². The van der Waals surface area contributed by atoms with Crippen LogP contribution >= 0.6 is 0 Å². The quantitative estimate of drug-likeness (QED) is 0.770. The number of hydrogen-bond acceptors (Lipinski definition) is 4. The second kappa shape index (κ2) is 6.41. The molecule has 96 valence electrons. The monoisotopic (exact) mass is 254 g/mol. The zero-order valence-corrected chi connectivity index (χ0v) is 10.7. The molecule has 0 saturated carbocycles. The van der Waals surface area contributed by atoms with E-state index in [1.165, 1.54) is 0 Å². The van der Waals surface area contributed by atoms with Gasteiger partial charge < -0.3 is 9.47 Å². The van der Waals surface area contributed by atoms with Crippen LogP contribution in [0, 0.1) is 18.3 Å². The number of benzene rings is 1. The number of aromatic nitrogens is 1. The number of para-hydroxylation sites is 1. The molecule has 0 saturated heterocycles. The summed E-state index contributed by atoms with van der Waals surface area (Å²) in [6.07, 6.45) is 0. The van der Waals surface area contributed by atoms with Gasteiger partial charge in [-0.3, -0.25) is 0 Å². The van der Waals surface area contributed by atoms with Gasteiger partial charge in [0, 0.05) is 11.8 Å². The molecule has 1 heterocycles. The van der Waals surface area contributed by atoms with Crippen molar-refractivity contribution >= 4 is 0 Å². The van der Waals surface area contributed by atoms with E-state index >= 15 is 0 Å². The molecular weight excluding hydrogens is 240 g/mol. The Balaban J connectivity index is 1.83. The van der Waals surface area contributed by atoms with Crippen LogP contribution in [0.1, 0.15) is 11.3 Å². The summed E-state index contributed by atoms with van der Waals surface area (Å²) in [5, 5.41) is 8.85. The Kier molecular flexibility index (Phi) is 4.35. The molecule has 0 aliphatic rings. The largest absolute Gasteiger partial charge is 0.490 e. The van der Waals surface area contributed by atoms with E-state index < -0.39 is 0 Å². The van der Waals surface area contributed by atoms with Crippen molar-refractivity contribution in [2.75, 3.05) is 13.2 Å². The van der Waals surface area contributed by atoms with Crippen LogP contribution in [0.3, 0.4) is 0 Å². The Labute approximate surface area is 112 Å². The van der Waals surface area contributed by atoms with Crippen LogP contribution in [0.25, 0.3) is 0 Å². The maximum absolute atomic E-state index is 8.85. The van der Waals surface area contributed by atoms with Crippen molar-refractivity contribution in [3.8, 4) is 17.7 Å². The fraction of sp³-hybridized carbons (Fsp3) is 0.200. The maximum Gasteiger partial charge on any atom is 0.214 e. The summed E-state index contributed by atoms with van der Waals surface area (Å²) >= 11 is 0. The highest BCUT2D eigenvalue weighted by atomic mass is 16.5. The lowest BCUT2D eigenvalue weighted by Gasteiger charge is -2.08. The Morgan fingerprint density at radius 1 is 1.11 bits per heavy atom. The van der Waals surface area contributed by atoms with Crippen molar-refractivity contribution < 1.29 is 9.47 Å². The molecule has 4 nitrogen and oxygen atoms in total. The van der Waals surface area contributed by atoms with Gasteiger partial charge in [0.25, 0.3) is 0 Å². The SMILES string of the molecule is Cc1cc(C#N)cc(OCCOc2ccccc2)n1. The van der Waals surface area contributed by atoms with Crippen molar-refractivity contribution in [1.29, 1.82) is 5.26 Å². The number of aryl methyl sites for hydroxylation is 1. The Bertz CT molecular complexity index is 576. The van der Waals surface area contributed by atoms with Gasteiger partial charge in [-0.1, -0.05) is 18.2 Å². The molecule has 0 aliphatic heterocycles. The zero-order chi connectivity index (χ0) is 13.5. The second-order valence-electron chi connectivity index (χ2n) is 3.96. The molecule has 2 rings (SSSR count). The number of pyridine rings is 1. The highest BCUT2D eigenvalue weighted by molar-refractivity contribution is 5.34. The fourth-order valence-electron chi connectivity index (χ4n) is 1.60. The van der Waals surface area contributed by atoms with Gasteiger partial charge in [-0.2, -0.15) is 5.26 Å². The summed E-state index contributed by atoms with van der Waals surface area (Å²) in [7, 11) is 0. The molecule has 0 aliphatic carbocycles. The van der Waals surface area contributed by atoms with E-state index in [2.05, 4.69) is 11.1 Å². The molecule has 0 amide bonds. The second-order valence-corrected chi connectivity index (χ2v) is 3.96. The average molecular weight is 254 g/mol. The third-order valence-electron chi connectivity index (χ3n) is 2.40. The normalized spacial score (nSPS) is 9.68. The molecule has 1 aromatic heterocycles. The van der Waals surface area contributed by atoms with Crippen molar-refractivity contribution in [3.63, 3.8) is 0 Å².